The number of rotatable bonds is 5. The maximum absolute atomic E-state index is 12.1. The molecule has 7 heteroatoms. The molecule has 0 aromatic heterocycles. The van der Waals surface area contributed by atoms with E-state index >= 15 is 0 Å². The Hall–Kier alpha value is -1.86. The summed E-state index contributed by atoms with van der Waals surface area (Å²) >= 11 is 0. The number of sulfonamides is 1. The largest absolute Gasteiger partial charge is 0.465 e. The van der Waals surface area contributed by atoms with E-state index in [9.17, 15) is 13.2 Å². The van der Waals surface area contributed by atoms with Gasteiger partial charge in [0.2, 0.25) is 10.0 Å². The lowest BCUT2D eigenvalue weighted by molar-refractivity contribution is 0.0596. The number of nitrogens with two attached hydrogens (primary N) is 1. The molecule has 1 aromatic rings. The van der Waals surface area contributed by atoms with Gasteiger partial charge in [-0.05, 0) is 25.1 Å². The highest BCUT2D eigenvalue weighted by molar-refractivity contribution is 7.89. The third-order valence-electron chi connectivity index (χ3n) is 2.26. The molecule has 1 rings (SSSR count). The van der Waals surface area contributed by atoms with E-state index in [4.69, 9.17) is 5.73 Å². The van der Waals surface area contributed by atoms with E-state index in [-0.39, 0.29) is 22.7 Å². The van der Waals surface area contributed by atoms with Gasteiger partial charge in [-0.15, -0.1) is 0 Å². The molecule has 0 aliphatic heterocycles. The number of carbonyl (C=O) groups is 1. The van der Waals surface area contributed by atoms with Crippen LogP contribution in [0.5, 0.6) is 0 Å². The maximum Gasteiger partial charge on any atom is 0.339 e. The Bertz CT molecular complexity index is 608. The van der Waals surface area contributed by atoms with Crippen LogP contribution >= 0.6 is 0 Å². The Morgan fingerprint density at radius 1 is 1.47 bits per heavy atom. The molecule has 0 amide bonds. The number of hydrogen-bond acceptors (Lipinski definition) is 5. The van der Waals surface area contributed by atoms with Crippen molar-refractivity contribution in [2.75, 3.05) is 19.4 Å². The predicted molar refractivity (Wildman–Crippen MR) is 72.2 cm³/mol. The minimum atomic E-state index is -3.83. The number of benzene rings is 1. The fourth-order valence-electron chi connectivity index (χ4n) is 1.35. The van der Waals surface area contributed by atoms with E-state index in [2.05, 4.69) is 16.0 Å². The van der Waals surface area contributed by atoms with Crippen LogP contribution in [0.2, 0.25) is 0 Å². The van der Waals surface area contributed by atoms with E-state index < -0.39 is 16.0 Å². The normalized spacial score (nSPS) is 11.1. The van der Waals surface area contributed by atoms with Crippen molar-refractivity contribution in [3.05, 3.63) is 35.9 Å². The zero-order valence-corrected chi connectivity index (χ0v) is 11.6. The van der Waals surface area contributed by atoms with Gasteiger partial charge >= 0.3 is 5.97 Å². The molecule has 0 aliphatic rings. The highest BCUT2D eigenvalue weighted by atomic mass is 32.2. The monoisotopic (exact) mass is 284 g/mol. The molecule has 19 heavy (non-hydrogen) atoms. The van der Waals surface area contributed by atoms with Gasteiger partial charge in [0.1, 0.15) is 0 Å². The minimum Gasteiger partial charge on any atom is -0.465 e. The molecule has 0 saturated carbocycles. The minimum absolute atomic E-state index is 0.0906. The van der Waals surface area contributed by atoms with Gasteiger partial charge in [0.25, 0.3) is 0 Å². The molecular weight excluding hydrogens is 268 g/mol. The Morgan fingerprint density at radius 2 is 2.11 bits per heavy atom. The summed E-state index contributed by atoms with van der Waals surface area (Å²) in [6.45, 7) is 5.38. The van der Waals surface area contributed by atoms with Crippen molar-refractivity contribution in [1.29, 1.82) is 0 Å². The molecule has 6 nitrogen and oxygen atoms in total. The molecule has 104 valence electrons. The number of methoxy groups -OCH3 is 1. The summed E-state index contributed by atoms with van der Waals surface area (Å²) < 4.78 is 31.1. The number of anilines is 1. The van der Waals surface area contributed by atoms with Gasteiger partial charge in [0, 0.05) is 12.2 Å². The number of nitrogens with one attached hydrogen (secondary N) is 1. The van der Waals surface area contributed by atoms with Gasteiger partial charge in [0.15, 0.2) is 0 Å². The van der Waals surface area contributed by atoms with Crippen molar-refractivity contribution in [2.45, 2.75) is 11.8 Å². The topological polar surface area (TPSA) is 98.5 Å². The average molecular weight is 284 g/mol. The molecule has 0 spiro atoms. The van der Waals surface area contributed by atoms with Crippen LogP contribution in [0.3, 0.4) is 0 Å². The summed E-state index contributed by atoms with van der Waals surface area (Å²) in [6, 6.07) is 3.94. The first-order valence-corrected chi connectivity index (χ1v) is 6.88. The number of carbonyl (C=O) groups excluding carboxylic acids is 1. The smallest absolute Gasteiger partial charge is 0.339 e. The lowest BCUT2D eigenvalue weighted by atomic mass is 10.2. The molecule has 0 fully saturated rings. The van der Waals surface area contributed by atoms with Gasteiger partial charge in [-0.3, -0.25) is 0 Å². The van der Waals surface area contributed by atoms with Crippen LogP contribution in [0.1, 0.15) is 17.3 Å². The first-order chi connectivity index (χ1) is 8.77. The van der Waals surface area contributed by atoms with Crippen LogP contribution in [-0.2, 0) is 14.8 Å². The van der Waals surface area contributed by atoms with Crippen LogP contribution in [0.4, 0.5) is 5.69 Å². The summed E-state index contributed by atoms with van der Waals surface area (Å²) in [5.41, 5.74) is 6.38. The van der Waals surface area contributed by atoms with E-state index in [0.29, 0.717) is 5.57 Å². The van der Waals surface area contributed by atoms with Crippen LogP contribution in [0, 0.1) is 0 Å². The highest BCUT2D eigenvalue weighted by Crippen LogP contribution is 2.19. The van der Waals surface area contributed by atoms with Crippen LogP contribution in [0.15, 0.2) is 35.2 Å². The van der Waals surface area contributed by atoms with Crippen LogP contribution in [0.25, 0.3) is 0 Å². The first kappa shape index (κ1) is 15.2. The fraction of sp³-hybridized carbons (Fsp3) is 0.250. The predicted octanol–water partition coefficient (Wildman–Crippen LogP) is 0.910. The van der Waals surface area contributed by atoms with Gasteiger partial charge in [-0.1, -0.05) is 12.2 Å². The maximum atomic E-state index is 12.1. The molecule has 0 unspecified atom stereocenters. The summed E-state index contributed by atoms with van der Waals surface area (Å²) in [6.07, 6.45) is 0. The standard InChI is InChI=1S/C12H16N2O4S/c1-8(2)7-14-19(16,17)11-5-4-9(13)6-10(11)12(15)18-3/h4-6,14H,1,7,13H2,2-3H3. The second kappa shape index (κ2) is 5.85. The summed E-state index contributed by atoms with van der Waals surface area (Å²) in [5.74, 6) is -0.761. The molecule has 0 saturated heterocycles. The molecule has 0 radical (unpaired) electrons. The second-order valence-electron chi connectivity index (χ2n) is 4.03. The van der Waals surface area contributed by atoms with E-state index in [1.54, 1.807) is 6.92 Å². The van der Waals surface area contributed by atoms with Crippen molar-refractivity contribution >= 4 is 21.7 Å². The van der Waals surface area contributed by atoms with Gasteiger partial charge in [0.05, 0.1) is 17.6 Å². The molecule has 1 aromatic carbocycles. The third kappa shape index (κ3) is 3.80. The molecular formula is C12H16N2O4S. The molecule has 3 N–H and O–H groups in total. The molecule has 0 bridgehead atoms. The number of nitrogen functional groups attached to an aromatic ring is 1. The number of esters is 1. The van der Waals surface area contributed by atoms with Gasteiger partial charge < -0.3 is 10.5 Å². The van der Waals surface area contributed by atoms with E-state index in [0.717, 1.165) is 0 Å². The SMILES string of the molecule is C=C(C)CNS(=O)(=O)c1ccc(N)cc1C(=O)OC. The Morgan fingerprint density at radius 3 is 2.63 bits per heavy atom. The van der Waals surface area contributed by atoms with Crippen molar-refractivity contribution in [3.8, 4) is 0 Å². The second-order valence-corrected chi connectivity index (χ2v) is 5.76. The average Bonchev–Trinajstić information content (AvgIpc) is 2.35. The number of hydrogen-bond donors (Lipinski definition) is 2. The van der Waals surface area contributed by atoms with Crippen LogP contribution in [-0.4, -0.2) is 28.0 Å². The molecule has 0 aliphatic carbocycles. The Labute approximate surface area is 112 Å². The van der Waals surface area contributed by atoms with Crippen molar-refractivity contribution < 1.29 is 17.9 Å². The molecule has 0 heterocycles. The summed E-state index contributed by atoms with van der Waals surface area (Å²) in [7, 11) is -2.66. The van der Waals surface area contributed by atoms with Crippen molar-refractivity contribution in [3.63, 3.8) is 0 Å². The van der Waals surface area contributed by atoms with E-state index in [1.807, 2.05) is 0 Å². The highest BCUT2D eigenvalue weighted by Gasteiger charge is 2.22. The van der Waals surface area contributed by atoms with Crippen molar-refractivity contribution in [2.24, 2.45) is 0 Å². The van der Waals surface area contributed by atoms with Gasteiger partial charge in [-0.2, -0.15) is 0 Å². The first-order valence-electron chi connectivity index (χ1n) is 5.40. The number of ether oxygens (including phenoxy) is 1. The van der Waals surface area contributed by atoms with Gasteiger partial charge in [-0.25, -0.2) is 17.9 Å². The zero-order chi connectivity index (χ0) is 14.6. The Balaban J connectivity index is 3.26. The lowest BCUT2D eigenvalue weighted by Gasteiger charge is -2.11. The quantitative estimate of drug-likeness (QED) is 0.476. The third-order valence-corrected chi connectivity index (χ3v) is 3.72. The van der Waals surface area contributed by atoms with Crippen LogP contribution < -0.4 is 10.5 Å². The van der Waals surface area contributed by atoms with Crippen molar-refractivity contribution in [1.82, 2.24) is 4.72 Å². The zero-order valence-electron chi connectivity index (χ0n) is 10.8. The Kier molecular flexibility index (Phi) is 4.68. The molecule has 0 atom stereocenters. The fourth-order valence-corrected chi connectivity index (χ4v) is 2.62. The summed E-state index contributed by atoms with van der Waals surface area (Å²) in [5, 5.41) is 0. The van der Waals surface area contributed by atoms with E-state index in [1.165, 1.54) is 25.3 Å². The summed E-state index contributed by atoms with van der Waals surface area (Å²) in [4.78, 5) is 11.4. The lowest BCUT2D eigenvalue weighted by Crippen LogP contribution is -2.27.